The van der Waals surface area contributed by atoms with Gasteiger partial charge in [0.2, 0.25) is 0 Å². The maximum absolute atomic E-state index is 9.60. The highest BCUT2D eigenvalue weighted by Gasteiger charge is 2.51. The van der Waals surface area contributed by atoms with Gasteiger partial charge >= 0.3 is 0 Å². The molecule has 9 aromatic rings. The fourth-order valence-corrected chi connectivity index (χ4v) is 8.85. The molecule has 2 heterocycles. The van der Waals surface area contributed by atoms with Crippen LogP contribution in [-0.2, 0) is 5.41 Å². The van der Waals surface area contributed by atoms with Gasteiger partial charge in [0.05, 0.1) is 17.0 Å². The molecule has 1 aliphatic carbocycles. The molecule has 5 nitrogen and oxygen atoms in total. The van der Waals surface area contributed by atoms with Crippen molar-refractivity contribution in [2.75, 3.05) is 0 Å². The number of hydrogen-bond donors (Lipinski definition) is 0. The van der Waals surface area contributed by atoms with Crippen LogP contribution in [0.5, 0.6) is 11.5 Å². The van der Waals surface area contributed by atoms with Crippen molar-refractivity contribution in [3.05, 3.63) is 222 Å². The number of nitriles is 1. The van der Waals surface area contributed by atoms with Gasteiger partial charge in [-0.25, -0.2) is 15.0 Å². The zero-order valence-corrected chi connectivity index (χ0v) is 31.2. The Labute approximate surface area is 336 Å². The summed E-state index contributed by atoms with van der Waals surface area (Å²) in [5, 5.41) is 9.60. The van der Waals surface area contributed by atoms with Crippen LogP contribution < -0.4 is 4.74 Å². The lowest BCUT2D eigenvalue weighted by Crippen LogP contribution is -2.32. The summed E-state index contributed by atoms with van der Waals surface area (Å²) in [6.07, 6.45) is 0. The topological polar surface area (TPSA) is 71.7 Å². The Bertz CT molecular complexity index is 2980. The van der Waals surface area contributed by atoms with Crippen molar-refractivity contribution in [1.29, 1.82) is 5.26 Å². The average Bonchev–Trinajstić information content (AvgIpc) is 3.59. The number of nitrogens with zero attached hydrogens (tertiary/aromatic N) is 4. The first-order valence-corrected chi connectivity index (χ1v) is 19.3. The lowest BCUT2D eigenvalue weighted by molar-refractivity contribution is 0.436. The number of hydrogen-bond acceptors (Lipinski definition) is 5. The Morgan fingerprint density at radius 2 is 0.862 bits per heavy atom. The van der Waals surface area contributed by atoms with Crippen LogP contribution >= 0.6 is 0 Å². The molecule has 2 aliphatic rings. The van der Waals surface area contributed by atoms with Gasteiger partial charge in [-0.05, 0) is 74.8 Å². The van der Waals surface area contributed by atoms with Crippen LogP contribution in [0.15, 0.2) is 194 Å². The molecule has 1 spiro atoms. The molecule has 1 aliphatic heterocycles. The number of para-hydroxylation sites is 2. The molecule has 0 saturated heterocycles. The zero-order valence-electron chi connectivity index (χ0n) is 31.2. The second kappa shape index (κ2) is 13.4. The fourth-order valence-electron chi connectivity index (χ4n) is 8.85. The van der Waals surface area contributed by atoms with Gasteiger partial charge in [-0.3, -0.25) is 0 Å². The second-order valence-corrected chi connectivity index (χ2v) is 14.6. The zero-order chi connectivity index (χ0) is 38.6. The van der Waals surface area contributed by atoms with E-state index < -0.39 is 5.41 Å². The summed E-state index contributed by atoms with van der Waals surface area (Å²) in [7, 11) is 0. The lowest BCUT2D eigenvalue weighted by Gasteiger charge is -2.39. The van der Waals surface area contributed by atoms with Crippen molar-refractivity contribution in [2.45, 2.75) is 5.41 Å². The molecule has 0 amide bonds. The maximum atomic E-state index is 9.60. The largest absolute Gasteiger partial charge is 0.457 e. The van der Waals surface area contributed by atoms with E-state index in [1.54, 1.807) is 0 Å². The molecule has 0 atom stereocenters. The molecule has 1 aromatic heterocycles. The molecular formula is C53H32N4O. The minimum Gasteiger partial charge on any atom is -0.457 e. The smallest absolute Gasteiger partial charge is 0.164 e. The number of rotatable bonds is 5. The summed E-state index contributed by atoms with van der Waals surface area (Å²) in [4.78, 5) is 14.8. The van der Waals surface area contributed by atoms with Crippen LogP contribution in [0.2, 0.25) is 0 Å². The third kappa shape index (κ3) is 5.20. The second-order valence-electron chi connectivity index (χ2n) is 14.6. The van der Waals surface area contributed by atoms with Gasteiger partial charge in [-0.1, -0.05) is 164 Å². The van der Waals surface area contributed by atoms with Crippen LogP contribution in [0.1, 0.15) is 27.8 Å². The van der Waals surface area contributed by atoms with Gasteiger partial charge in [-0.2, -0.15) is 5.26 Å². The first kappa shape index (κ1) is 33.4. The van der Waals surface area contributed by atoms with E-state index >= 15 is 0 Å². The molecule has 8 aromatic carbocycles. The van der Waals surface area contributed by atoms with Crippen LogP contribution in [0, 0.1) is 11.3 Å². The van der Waals surface area contributed by atoms with Crippen molar-refractivity contribution in [1.82, 2.24) is 15.0 Å². The van der Waals surface area contributed by atoms with Crippen molar-refractivity contribution >= 4 is 0 Å². The average molecular weight is 741 g/mol. The highest BCUT2D eigenvalue weighted by Crippen LogP contribution is 2.63. The first-order valence-electron chi connectivity index (χ1n) is 19.3. The highest BCUT2D eigenvalue weighted by molar-refractivity contribution is 5.98. The van der Waals surface area contributed by atoms with Crippen molar-refractivity contribution < 1.29 is 4.74 Å². The normalized spacial score (nSPS) is 12.7. The van der Waals surface area contributed by atoms with E-state index in [1.807, 2.05) is 84.9 Å². The minimum atomic E-state index is -0.604. The van der Waals surface area contributed by atoms with Crippen LogP contribution in [-0.4, -0.2) is 15.0 Å². The van der Waals surface area contributed by atoms with Crippen LogP contribution in [0.4, 0.5) is 0 Å². The summed E-state index contributed by atoms with van der Waals surface area (Å²) in [5.74, 6) is 3.59. The predicted molar refractivity (Wildman–Crippen MR) is 229 cm³/mol. The lowest BCUT2D eigenvalue weighted by atomic mass is 9.66. The molecule has 0 saturated carbocycles. The van der Waals surface area contributed by atoms with E-state index in [4.69, 9.17) is 19.7 Å². The third-order valence-electron chi connectivity index (χ3n) is 11.5. The number of fused-ring (bicyclic) bond motifs is 9. The molecule has 0 N–H and O–H groups in total. The van der Waals surface area contributed by atoms with E-state index in [0.29, 0.717) is 23.0 Å². The summed E-state index contributed by atoms with van der Waals surface area (Å²) in [5.41, 5.74) is 14.2. The molecule has 58 heavy (non-hydrogen) atoms. The van der Waals surface area contributed by atoms with Gasteiger partial charge in [0.25, 0.3) is 0 Å². The molecule has 0 bridgehead atoms. The van der Waals surface area contributed by atoms with Crippen molar-refractivity contribution in [2.24, 2.45) is 0 Å². The van der Waals surface area contributed by atoms with Crippen LogP contribution in [0.3, 0.4) is 0 Å². The summed E-state index contributed by atoms with van der Waals surface area (Å²) >= 11 is 0. The van der Waals surface area contributed by atoms with Crippen molar-refractivity contribution in [3.63, 3.8) is 0 Å². The summed E-state index contributed by atoms with van der Waals surface area (Å²) < 4.78 is 6.60. The molecule has 0 fully saturated rings. The Morgan fingerprint density at radius 1 is 0.379 bits per heavy atom. The maximum Gasteiger partial charge on any atom is 0.164 e. The van der Waals surface area contributed by atoms with Crippen molar-refractivity contribution in [3.8, 4) is 85.1 Å². The monoisotopic (exact) mass is 740 g/mol. The number of aromatic nitrogens is 3. The molecule has 5 heteroatoms. The Kier molecular flexibility index (Phi) is 7.70. The van der Waals surface area contributed by atoms with E-state index in [-0.39, 0.29) is 0 Å². The highest BCUT2D eigenvalue weighted by atomic mass is 16.5. The summed E-state index contributed by atoms with van der Waals surface area (Å²) in [6, 6.07) is 69.2. The molecule has 270 valence electrons. The predicted octanol–water partition coefficient (Wildman–Crippen LogP) is 12.5. The molecule has 0 unspecified atom stereocenters. The summed E-state index contributed by atoms with van der Waals surface area (Å²) in [6.45, 7) is 0. The first-order chi connectivity index (χ1) is 28.7. The van der Waals surface area contributed by atoms with Gasteiger partial charge in [0.15, 0.2) is 17.5 Å². The molecule has 11 rings (SSSR count). The quantitative estimate of drug-likeness (QED) is 0.176. The number of benzene rings is 8. The number of ether oxygens (including phenoxy) is 1. The van der Waals surface area contributed by atoms with E-state index in [2.05, 4.69) is 115 Å². The Morgan fingerprint density at radius 3 is 1.45 bits per heavy atom. The Balaban J connectivity index is 1.08. The van der Waals surface area contributed by atoms with Gasteiger partial charge in [0.1, 0.15) is 11.5 Å². The van der Waals surface area contributed by atoms with E-state index in [1.165, 1.54) is 22.3 Å². The molecule has 0 radical (unpaired) electrons. The third-order valence-corrected chi connectivity index (χ3v) is 11.5. The van der Waals surface area contributed by atoms with Gasteiger partial charge in [0, 0.05) is 27.8 Å². The minimum absolute atomic E-state index is 0.604. The van der Waals surface area contributed by atoms with E-state index in [9.17, 15) is 5.26 Å². The van der Waals surface area contributed by atoms with Gasteiger partial charge in [-0.15, -0.1) is 0 Å². The SMILES string of the molecule is N#Cc1ccc(-c2cccc3c2-c2cc(-c4ccc(-c5nc(-c6ccccc6)nc(-c6ccccc6)n5)cc4)ccc2C32c3ccccc3Oc3ccccc32)cc1. The molecular weight excluding hydrogens is 709 g/mol. The standard InChI is InChI=1S/C53H32N4O/c54-33-34-22-24-36(25-23-34)41-16-11-19-46-49(41)42-32-40(30-31-43(42)53(46)44-17-7-9-20-47(44)58-48-21-10-8-18-45(48)53)35-26-28-39(29-27-35)52-56-50(37-12-3-1-4-13-37)55-51(57-52)38-14-5-2-6-15-38/h1-32H. The van der Waals surface area contributed by atoms with E-state index in [0.717, 1.165) is 61.6 Å². The van der Waals surface area contributed by atoms with Gasteiger partial charge < -0.3 is 4.74 Å². The van der Waals surface area contributed by atoms with Crippen LogP contribution in [0.25, 0.3) is 67.5 Å². The Hall–Kier alpha value is -7.94. The fraction of sp³-hybridized carbons (Fsp3) is 0.0189.